The third-order valence-corrected chi connectivity index (χ3v) is 2.62. The molecule has 2 N–H and O–H groups in total. The van der Waals surface area contributed by atoms with Crippen LogP contribution in [0.4, 0.5) is 0 Å². The average Bonchev–Trinajstić information content (AvgIpc) is 2.35. The molecule has 2 nitrogen and oxygen atoms in total. The molecule has 2 rings (SSSR count). The Kier molecular flexibility index (Phi) is 3.27. The highest BCUT2D eigenvalue weighted by atomic mass is 16.5. The van der Waals surface area contributed by atoms with Crippen molar-refractivity contribution >= 4 is 10.8 Å². The second-order valence-electron chi connectivity index (χ2n) is 4.83. The van der Waals surface area contributed by atoms with Gasteiger partial charge in [0, 0.05) is 16.3 Å². The summed E-state index contributed by atoms with van der Waals surface area (Å²) in [5.74, 6) is 7.07. The summed E-state index contributed by atoms with van der Waals surface area (Å²) in [6.07, 6.45) is 0. The molecule has 0 aromatic heterocycles. The molecule has 0 aliphatic rings. The maximum absolute atomic E-state index is 5.89. The Labute approximate surface area is 108 Å². The summed E-state index contributed by atoms with van der Waals surface area (Å²) in [5, 5.41) is 2.16. The maximum Gasteiger partial charge on any atom is 0.126 e. The van der Waals surface area contributed by atoms with Crippen LogP contribution in [-0.4, -0.2) is 12.6 Å². The van der Waals surface area contributed by atoms with Gasteiger partial charge < -0.3 is 10.5 Å². The molecule has 0 heterocycles. The quantitative estimate of drug-likeness (QED) is 0.776. The van der Waals surface area contributed by atoms with E-state index in [1.807, 2.05) is 50.2 Å². The lowest BCUT2D eigenvalue weighted by Gasteiger charge is -2.09. The molecule has 0 bridgehead atoms. The van der Waals surface area contributed by atoms with Crippen molar-refractivity contribution in [3.8, 4) is 17.6 Å². The number of fused-ring (bicyclic) bond motifs is 1. The molecule has 18 heavy (non-hydrogen) atoms. The van der Waals surface area contributed by atoms with Gasteiger partial charge in [-0.1, -0.05) is 36.1 Å². The summed E-state index contributed by atoms with van der Waals surface area (Å²) in [4.78, 5) is 0. The van der Waals surface area contributed by atoms with Crippen LogP contribution in [0.3, 0.4) is 0 Å². The minimum atomic E-state index is -0.485. The van der Waals surface area contributed by atoms with Gasteiger partial charge in [-0.05, 0) is 26.0 Å². The molecule has 2 aromatic carbocycles. The van der Waals surface area contributed by atoms with Gasteiger partial charge in [-0.3, -0.25) is 0 Å². The number of methoxy groups -OCH3 is 1. The fourth-order valence-corrected chi connectivity index (χ4v) is 1.79. The molecule has 0 saturated carbocycles. The molecule has 0 aliphatic heterocycles. The van der Waals surface area contributed by atoms with Crippen molar-refractivity contribution in [1.29, 1.82) is 0 Å². The Bertz CT molecular complexity index is 627. The van der Waals surface area contributed by atoms with E-state index >= 15 is 0 Å². The van der Waals surface area contributed by atoms with E-state index in [9.17, 15) is 0 Å². The van der Waals surface area contributed by atoms with Crippen LogP contribution in [0, 0.1) is 11.8 Å². The largest absolute Gasteiger partial charge is 0.496 e. The zero-order valence-corrected chi connectivity index (χ0v) is 10.9. The van der Waals surface area contributed by atoms with E-state index in [2.05, 4.69) is 11.8 Å². The standard InChI is InChI=1S/C16H17NO/c1-16(2,17)11-10-12-8-9-15(18-3)14-7-5-4-6-13(12)14/h4-9H,17H2,1-3H3. The smallest absolute Gasteiger partial charge is 0.126 e. The SMILES string of the molecule is COc1ccc(C#CC(C)(C)N)c2ccccc12. The second kappa shape index (κ2) is 4.72. The lowest BCUT2D eigenvalue weighted by atomic mass is 10.0. The topological polar surface area (TPSA) is 35.2 Å². The minimum absolute atomic E-state index is 0.485. The van der Waals surface area contributed by atoms with Crippen LogP contribution in [0.25, 0.3) is 10.8 Å². The summed E-state index contributed by atoms with van der Waals surface area (Å²) in [6, 6.07) is 12.0. The highest BCUT2D eigenvalue weighted by Crippen LogP contribution is 2.27. The van der Waals surface area contributed by atoms with Crippen molar-refractivity contribution in [2.24, 2.45) is 5.73 Å². The van der Waals surface area contributed by atoms with E-state index < -0.39 is 5.54 Å². The molecule has 0 atom stereocenters. The number of rotatable bonds is 1. The third kappa shape index (κ3) is 2.64. The van der Waals surface area contributed by atoms with Crippen molar-refractivity contribution in [3.05, 3.63) is 42.0 Å². The molecular formula is C16H17NO. The highest BCUT2D eigenvalue weighted by Gasteiger charge is 2.06. The summed E-state index contributed by atoms with van der Waals surface area (Å²) >= 11 is 0. The predicted octanol–water partition coefficient (Wildman–Crippen LogP) is 2.94. The summed E-state index contributed by atoms with van der Waals surface area (Å²) in [6.45, 7) is 3.79. The van der Waals surface area contributed by atoms with E-state index in [4.69, 9.17) is 10.5 Å². The van der Waals surface area contributed by atoms with Gasteiger partial charge in [0.25, 0.3) is 0 Å². The van der Waals surface area contributed by atoms with Gasteiger partial charge in [-0.2, -0.15) is 0 Å². The normalized spacial score (nSPS) is 10.9. The van der Waals surface area contributed by atoms with Gasteiger partial charge in [0.2, 0.25) is 0 Å². The minimum Gasteiger partial charge on any atom is -0.496 e. The molecule has 2 aromatic rings. The predicted molar refractivity (Wildman–Crippen MR) is 75.6 cm³/mol. The van der Waals surface area contributed by atoms with Gasteiger partial charge in [0.15, 0.2) is 0 Å². The molecule has 0 aliphatic carbocycles. The monoisotopic (exact) mass is 239 g/mol. The molecule has 92 valence electrons. The average molecular weight is 239 g/mol. The first-order valence-corrected chi connectivity index (χ1v) is 5.89. The van der Waals surface area contributed by atoms with Crippen molar-refractivity contribution in [2.75, 3.05) is 7.11 Å². The van der Waals surface area contributed by atoms with Crippen molar-refractivity contribution in [1.82, 2.24) is 0 Å². The molecule has 0 radical (unpaired) electrons. The van der Waals surface area contributed by atoms with Crippen LogP contribution in [0.5, 0.6) is 5.75 Å². The van der Waals surface area contributed by atoms with Gasteiger partial charge >= 0.3 is 0 Å². The van der Waals surface area contributed by atoms with Crippen LogP contribution in [0.1, 0.15) is 19.4 Å². The number of benzene rings is 2. The summed E-state index contributed by atoms with van der Waals surface area (Å²) < 4.78 is 5.35. The first-order chi connectivity index (χ1) is 8.51. The van der Waals surface area contributed by atoms with Gasteiger partial charge in [-0.25, -0.2) is 0 Å². The number of nitrogens with two attached hydrogens (primary N) is 1. The van der Waals surface area contributed by atoms with E-state index in [0.29, 0.717) is 0 Å². The van der Waals surface area contributed by atoms with Gasteiger partial charge in [0.1, 0.15) is 5.75 Å². The Morgan fingerprint density at radius 2 is 1.72 bits per heavy atom. The highest BCUT2D eigenvalue weighted by molar-refractivity contribution is 5.93. The van der Waals surface area contributed by atoms with E-state index in [0.717, 1.165) is 22.1 Å². The Morgan fingerprint density at radius 3 is 2.33 bits per heavy atom. The Morgan fingerprint density at radius 1 is 1.06 bits per heavy atom. The zero-order valence-electron chi connectivity index (χ0n) is 10.9. The molecule has 2 heteroatoms. The van der Waals surface area contributed by atoms with Crippen molar-refractivity contribution in [2.45, 2.75) is 19.4 Å². The van der Waals surface area contributed by atoms with Crippen molar-refractivity contribution < 1.29 is 4.74 Å². The summed E-state index contributed by atoms with van der Waals surface area (Å²) in [7, 11) is 1.68. The lowest BCUT2D eigenvalue weighted by Crippen LogP contribution is -2.29. The third-order valence-electron chi connectivity index (χ3n) is 2.62. The van der Waals surface area contributed by atoms with Crippen LogP contribution >= 0.6 is 0 Å². The number of hydrogen-bond donors (Lipinski definition) is 1. The maximum atomic E-state index is 5.89. The van der Waals surface area contributed by atoms with E-state index in [1.54, 1.807) is 7.11 Å². The zero-order chi connectivity index (χ0) is 13.2. The van der Waals surface area contributed by atoms with Crippen molar-refractivity contribution in [3.63, 3.8) is 0 Å². The Balaban J connectivity index is 2.63. The molecule has 0 spiro atoms. The van der Waals surface area contributed by atoms with Gasteiger partial charge in [0.05, 0.1) is 12.6 Å². The first kappa shape index (κ1) is 12.5. The molecule has 0 unspecified atom stereocenters. The lowest BCUT2D eigenvalue weighted by molar-refractivity contribution is 0.420. The fourth-order valence-electron chi connectivity index (χ4n) is 1.79. The van der Waals surface area contributed by atoms with Crippen LogP contribution in [0.2, 0.25) is 0 Å². The van der Waals surface area contributed by atoms with E-state index in [1.165, 1.54) is 0 Å². The fraction of sp³-hybridized carbons (Fsp3) is 0.250. The van der Waals surface area contributed by atoms with Gasteiger partial charge in [-0.15, -0.1) is 0 Å². The first-order valence-electron chi connectivity index (χ1n) is 5.89. The summed E-state index contributed by atoms with van der Waals surface area (Å²) in [5.41, 5.74) is 6.38. The number of hydrogen-bond acceptors (Lipinski definition) is 2. The second-order valence-corrected chi connectivity index (χ2v) is 4.83. The molecular weight excluding hydrogens is 222 g/mol. The molecule has 0 amide bonds. The number of ether oxygens (including phenoxy) is 1. The molecule has 0 fully saturated rings. The molecule has 0 saturated heterocycles. The van der Waals surface area contributed by atoms with Crippen LogP contribution in [-0.2, 0) is 0 Å². The van der Waals surface area contributed by atoms with Crippen LogP contribution < -0.4 is 10.5 Å². The van der Waals surface area contributed by atoms with E-state index in [-0.39, 0.29) is 0 Å². The van der Waals surface area contributed by atoms with Crippen LogP contribution in [0.15, 0.2) is 36.4 Å². The Hall–Kier alpha value is -1.98.